The van der Waals surface area contributed by atoms with Gasteiger partial charge in [0.15, 0.2) is 0 Å². The minimum atomic E-state index is 0.992. The molecule has 0 aliphatic heterocycles. The van der Waals surface area contributed by atoms with E-state index >= 15 is 0 Å². The third kappa shape index (κ3) is 7.65. The van der Waals surface area contributed by atoms with Gasteiger partial charge in [0.1, 0.15) is 0 Å². The number of hydrogen-bond acceptors (Lipinski definition) is 1. The van der Waals surface area contributed by atoms with Crippen LogP contribution in [-0.4, -0.2) is 6.26 Å². The van der Waals surface area contributed by atoms with Crippen molar-refractivity contribution >= 4 is 11.8 Å². The van der Waals surface area contributed by atoms with Crippen LogP contribution in [0.5, 0.6) is 0 Å². The second kappa shape index (κ2) is 6.77. The molecule has 0 aliphatic carbocycles. The van der Waals surface area contributed by atoms with Gasteiger partial charge in [-0.3, -0.25) is 0 Å². The summed E-state index contributed by atoms with van der Waals surface area (Å²) in [7, 11) is 0. The average Bonchev–Trinajstić information content (AvgIpc) is 1.87. The number of unbranched alkanes of at least 4 members (excludes halogenated alkanes) is 1. The topological polar surface area (TPSA) is 0 Å². The molecule has 0 aliphatic rings. The maximum atomic E-state index is 3.06. The van der Waals surface area contributed by atoms with E-state index < -0.39 is 0 Å². The van der Waals surface area contributed by atoms with Gasteiger partial charge in [0.25, 0.3) is 0 Å². The van der Waals surface area contributed by atoms with Crippen LogP contribution >= 0.6 is 11.8 Å². The molecule has 10 heavy (non-hydrogen) atoms. The molecular formula is C9H14S. The Morgan fingerprint density at radius 1 is 1.50 bits per heavy atom. The molecule has 0 saturated carbocycles. The van der Waals surface area contributed by atoms with E-state index in [1.54, 1.807) is 11.8 Å². The molecule has 0 saturated heterocycles. The van der Waals surface area contributed by atoms with Crippen LogP contribution in [0.3, 0.4) is 0 Å². The molecule has 0 spiro atoms. The number of hydrogen-bond donors (Lipinski definition) is 0. The van der Waals surface area contributed by atoms with Crippen molar-refractivity contribution in [2.75, 3.05) is 6.26 Å². The van der Waals surface area contributed by atoms with Gasteiger partial charge in [-0.15, -0.1) is 0 Å². The zero-order valence-electron chi connectivity index (χ0n) is 6.90. The first-order valence-electron chi connectivity index (χ1n) is 3.41. The van der Waals surface area contributed by atoms with Crippen molar-refractivity contribution in [1.29, 1.82) is 0 Å². The highest BCUT2D eigenvalue weighted by molar-refractivity contribution is 8.03. The number of thioether (sulfide) groups is 1. The molecule has 0 nitrogen and oxygen atoms in total. The standard InChI is InChI=1S/C9H14S/c1-9(2)7-5-4-6-8-10-3/h7H,4-5H2,1-3H3. The van der Waals surface area contributed by atoms with Crippen molar-refractivity contribution in [3.8, 4) is 11.2 Å². The van der Waals surface area contributed by atoms with Crippen molar-refractivity contribution in [3.63, 3.8) is 0 Å². The summed E-state index contributed by atoms with van der Waals surface area (Å²) in [6, 6.07) is 0. The first-order chi connectivity index (χ1) is 4.77. The maximum absolute atomic E-state index is 3.06. The van der Waals surface area contributed by atoms with E-state index in [1.807, 2.05) is 6.26 Å². The van der Waals surface area contributed by atoms with Crippen LogP contribution in [0.1, 0.15) is 26.7 Å². The molecule has 56 valence electrons. The monoisotopic (exact) mass is 154 g/mol. The summed E-state index contributed by atoms with van der Waals surface area (Å²) in [5.41, 5.74) is 1.38. The van der Waals surface area contributed by atoms with E-state index in [0.29, 0.717) is 0 Å². The predicted molar refractivity (Wildman–Crippen MR) is 50.0 cm³/mol. The maximum Gasteiger partial charge on any atom is 0.0132 e. The molecule has 1 heteroatoms. The number of allylic oxidation sites excluding steroid dienone is 2. The molecule has 0 N–H and O–H groups in total. The highest BCUT2D eigenvalue weighted by Crippen LogP contribution is 1.96. The Morgan fingerprint density at radius 3 is 2.70 bits per heavy atom. The van der Waals surface area contributed by atoms with Crippen LogP contribution in [0.2, 0.25) is 0 Å². The van der Waals surface area contributed by atoms with Gasteiger partial charge in [-0.1, -0.05) is 29.3 Å². The first-order valence-corrected chi connectivity index (χ1v) is 4.64. The van der Waals surface area contributed by atoms with Crippen molar-refractivity contribution in [3.05, 3.63) is 11.6 Å². The third-order valence-electron chi connectivity index (χ3n) is 0.996. The molecule has 0 unspecified atom stereocenters. The van der Waals surface area contributed by atoms with E-state index in [4.69, 9.17) is 0 Å². The summed E-state index contributed by atoms with van der Waals surface area (Å²) < 4.78 is 0. The molecule has 0 aromatic heterocycles. The first kappa shape index (κ1) is 9.65. The lowest BCUT2D eigenvalue weighted by atomic mass is 10.2. The fourth-order valence-electron chi connectivity index (χ4n) is 0.556. The highest BCUT2D eigenvalue weighted by Gasteiger charge is 1.76. The molecule has 0 aromatic rings. The minimum absolute atomic E-state index is 0.992. The zero-order chi connectivity index (χ0) is 7.82. The van der Waals surface area contributed by atoms with E-state index in [2.05, 4.69) is 31.1 Å². The van der Waals surface area contributed by atoms with Gasteiger partial charge in [-0.05, 0) is 31.8 Å². The van der Waals surface area contributed by atoms with Crippen molar-refractivity contribution in [2.45, 2.75) is 26.7 Å². The van der Waals surface area contributed by atoms with Gasteiger partial charge in [0.05, 0.1) is 0 Å². The van der Waals surface area contributed by atoms with E-state index in [-0.39, 0.29) is 0 Å². The average molecular weight is 154 g/mol. The Balaban J connectivity index is 3.29. The molecular weight excluding hydrogens is 140 g/mol. The van der Waals surface area contributed by atoms with Gasteiger partial charge in [0, 0.05) is 6.42 Å². The largest absolute Gasteiger partial charge is 0.0910 e. The normalized spacial score (nSPS) is 7.90. The third-order valence-corrected chi connectivity index (χ3v) is 1.34. The molecule has 0 heterocycles. The second-order valence-electron chi connectivity index (χ2n) is 2.30. The molecule has 0 rings (SSSR count). The second-order valence-corrected chi connectivity index (χ2v) is 2.92. The summed E-state index contributed by atoms with van der Waals surface area (Å²) in [6.07, 6.45) is 6.30. The van der Waals surface area contributed by atoms with E-state index in [0.717, 1.165) is 12.8 Å². The summed E-state index contributed by atoms with van der Waals surface area (Å²) in [6.45, 7) is 4.23. The van der Waals surface area contributed by atoms with Crippen LogP contribution in [0.25, 0.3) is 0 Å². The Hall–Kier alpha value is -0.350. The molecule has 0 radical (unpaired) electrons. The Morgan fingerprint density at radius 2 is 2.20 bits per heavy atom. The zero-order valence-corrected chi connectivity index (χ0v) is 7.72. The molecule has 0 amide bonds. The summed E-state index contributed by atoms with van der Waals surface area (Å²) in [5, 5.41) is 2.96. The molecule has 0 fully saturated rings. The summed E-state index contributed by atoms with van der Waals surface area (Å²) >= 11 is 1.58. The molecule has 0 bridgehead atoms. The molecule has 0 aromatic carbocycles. The lowest BCUT2D eigenvalue weighted by Crippen LogP contribution is -1.67. The van der Waals surface area contributed by atoms with Gasteiger partial charge >= 0.3 is 0 Å². The Bertz CT molecular complexity index is 153. The van der Waals surface area contributed by atoms with Crippen LogP contribution in [0, 0.1) is 11.2 Å². The fraction of sp³-hybridized carbons (Fsp3) is 0.556. The fourth-order valence-corrected chi connectivity index (χ4v) is 0.803. The highest BCUT2D eigenvalue weighted by atomic mass is 32.2. The summed E-state index contributed by atoms with van der Waals surface area (Å²) in [4.78, 5) is 0. The van der Waals surface area contributed by atoms with Crippen LogP contribution in [0.15, 0.2) is 11.6 Å². The Kier molecular flexibility index (Phi) is 6.53. The van der Waals surface area contributed by atoms with Crippen LogP contribution in [-0.2, 0) is 0 Å². The number of rotatable bonds is 2. The predicted octanol–water partition coefficient (Wildman–Crippen LogP) is 3.06. The van der Waals surface area contributed by atoms with Crippen molar-refractivity contribution in [1.82, 2.24) is 0 Å². The SMILES string of the molecule is CSC#CCCC=C(C)C. The Labute approximate surface area is 68.1 Å². The van der Waals surface area contributed by atoms with Gasteiger partial charge in [0.2, 0.25) is 0 Å². The van der Waals surface area contributed by atoms with Crippen molar-refractivity contribution in [2.24, 2.45) is 0 Å². The quantitative estimate of drug-likeness (QED) is 0.334. The molecule has 0 atom stereocenters. The van der Waals surface area contributed by atoms with Crippen molar-refractivity contribution < 1.29 is 0 Å². The van der Waals surface area contributed by atoms with Gasteiger partial charge in [-0.25, -0.2) is 0 Å². The van der Waals surface area contributed by atoms with Gasteiger partial charge in [-0.2, -0.15) is 0 Å². The van der Waals surface area contributed by atoms with Crippen LogP contribution in [0.4, 0.5) is 0 Å². The minimum Gasteiger partial charge on any atom is -0.0910 e. The van der Waals surface area contributed by atoms with Gasteiger partial charge < -0.3 is 0 Å². The van der Waals surface area contributed by atoms with E-state index in [9.17, 15) is 0 Å². The van der Waals surface area contributed by atoms with E-state index in [1.165, 1.54) is 5.57 Å². The van der Waals surface area contributed by atoms with Crippen LogP contribution < -0.4 is 0 Å². The summed E-state index contributed by atoms with van der Waals surface area (Å²) in [5.74, 6) is 3.06. The lowest BCUT2D eigenvalue weighted by molar-refractivity contribution is 1.06. The lowest BCUT2D eigenvalue weighted by Gasteiger charge is -1.85. The smallest absolute Gasteiger partial charge is 0.0132 e.